The van der Waals surface area contributed by atoms with Crippen LogP contribution >= 0.6 is 0 Å². The Hall–Kier alpha value is -2.37. The number of ether oxygens (including phenoxy) is 1. The van der Waals surface area contributed by atoms with E-state index in [4.69, 9.17) is 4.74 Å². The number of benzene rings is 1. The minimum atomic E-state index is -0.590. The minimum Gasteiger partial charge on any atom is -0.446 e. The average molecular weight is 386 g/mol. The Morgan fingerprint density at radius 1 is 1.18 bits per heavy atom. The monoisotopic (exact) mass is 386 g/mol. The van der Waals surface area contributed by atoms with Gasteiger partial charge < -0.3 is 9.64 Å². The van der Waals surface area contributed by atoms with Crippen molar-refractivity contribution in [2.75, 3.05) is 13.1 Å². The molecule has 1 unspecified atom stereocenters. The van der Waals surface area contributed by atoms with Crippen LogP contribution in [-0.2, 0) is 9.53 Å². The number of fused-ring (bicyclic) bond motifs is 1. The zero-order valence-corrected chi connectivity index (χ0v) is 17.2. The maximum absolute atomic E-state index is 12.8. The largest absolute Gasteiger partial charge is 0.446 e. The van der Waals surface area contributed by atoms with Crippen molar-refractivity contribution in [2.45, 2.75) is 65.1 Å². The van der Waals surface area contributed by atoms with E-state index >= 15 is 0 Å². The van der Waals surface area contributed by atoms with E-state index in [1.54, 1.807) is 29.2 Å². The van der Waals surface area contributed by atoms with Gasteiger partial charge in [0.2, 0.25) is 0 Å². The van der Waals surface area contributed by atoms with Crippen LogP contribution in [0.1, 0.15) is 57.3 Å². The van der Waals surface area contributed by atoms with Crippen molar-refractivity contribution >= 4 is 17.8 Å². The Balaban J connectivity index is 1.69. The number of rotatable bonds is 4. The summed E-state index contributed by atoms with van der Waals surface area (Å²) in [6.07, 6.45) is 1.48. The molecule has 2 saturated heterocycles. The van der Waals surface area contributed by atoms with Gasteiger partial charge in [-0.1, -0.05) is 45.9 Å². The first-order valence-corrected chi connectivity index (χ1v) is 10.1. The number of hydrogen-bond donors (Lipinski definition) is 0. The van der Waals surface area contributed by atoms with Crippen molar-refractivity contribution < 1.29 is 19.1 Å². The molecule has 0 spiro atoms. The van der Waals surface area contributed by atoms with Crippen molar-refractivity contribution in [3.8, 4) is 0 Å². The van der Waals surface area contributed by atoms with Gasteiger partial charge in [0.15, 0.2) is 5.78 Å². The van der Waals surface area contributed by atoms with Crippen molar-refractivity contribution in [3.63, 3.8) is 0 Å². The summed E-state index contributed by atoms with van der Waals surface area (Å²) in [5, 5.41) is 0. The van der Waals surface area contributed by atoms with Gasteiger partial charge in [0.1, 0.15) is 12.1 Å². The Bertz CT molecular complexity index is 741. The molecule has 3 atom stereocenters. The number of ketones is 1. The van der Waals surface area contributed by atoms with Crippen molar-refractivity contribution in [1.29, 1.82) is 0 Å². The SMILES string of the molecule is CCC(CC(C)(C)C)OC(=O)N1CC[C@@H]2[C@H]1C(=O)CN2C(=O)c1ccccc1. The van der Waals surface area contributed by atoms with Gasteiger partial charge in [-0.05, 0) is 36.8 Å². The van der Waals surface area contributed by atoms with Gasteiger partial charge >= 0.3 is 6.09 Å². The summed E-state index contributed by atoms with van der Waals surface area (Å²) >= 11 is 0. The second-order valence-corrected chi connectivity index (χ2v) is 8.94. The zero-order chi connectivity index (χ0) is 20.5. The van der Waals surface area contributed by atoms with E-state index in [-0.39, 0.29) is 35.8 Å². The number of amides is 2. The predicted octanol–water partition coefficient (Wildman–Crippen LogP) is 3.51. The third kappa shape index (κ3) is 4.21. The molecular weight excluding hydrogens is 356 g/mol. The van der Waals surface area contributed by atoms with Crippen LogP contribution in [0.5, 0.6) is 0 Å². The summed E-state index contributed by atoms with van der Waals surface area (Å²) in [4.78, 5) is 41.4. The highest BCUT2D eigenvalue weighted by atomic mass is 16.6. The molecule has 2 aliphatic heterocycles. The normalized spacial score (nSPS) is 22.9. The quantitative estimate of drug-likeness (QED) is 0.794. The van der Waals surface area contributed by atoms with Crippen molar-refractivity contribution in [2.24, 2.45) is 5.41 Å². The van der Waals surface area contributed by atoms with E-state index in [0.717, 1.165) is 12.8 Å². The van der Waals surface area contributed by atoms with Gasteiger partial charge in [0.25, 0.3) is 5.91 Å². The number of carbonyl (C=O) groups excluding carboxylic acids is 3. The van der Waals surface area contributed by atoms with Crippen LogP contribution in [0.4, 0.5) is 4.79 Å². The standard InChI is InChI=1S/C22H30N2O4/c1-5-16(13-22(2,3)4)28-21(27)23-12-11-17-19(23)18(25)14-24(17)20(26)15-9-7-6-8-10-15/h6-10,16-17,19H,5,11-14H2,1-4H3/t16?,17-,19+/m1/s1. The summed E-state index contributed by atoms with van der Waals surface area (Å²) in [5.41, 5.74) is 0.615. The topological polar surface area (TPSA) is 66.9 Å². The highest BCUT2D eigenvalue weighted by Crippen LogP contribution is 2.32. The molecule has 2 fully saturated rings. The highest BCUT2D eigenvalue weighted by molar-refractivity contribution is 6.02. The second kappa shape index (κ2) is 7.94. The van der Waals surface area contributed by atoms with Crippen molar-refractivity contribution in [3.05, 3.63) is 35.9 Å². The molecule has 152 valence electrons. The van der Waals surface area contributed by atoms with Crippen molar-refractivity contribution in [1.82, 2.24) is 9.80 Å². The lowest BCUT2D eigenvalue weighted by atomic mass is 9.88. The maximum Gasteiger partial charge on any atom is 0.410 e. The summed E-state index contributed by atoms with van der Waals surface area (Å²) in [7, 11) is 0. The number of likely N-dealkylation sites (tertiary alicyclic amines) is 2. The smallest absolute Gasteiger partial charge is 0.410 e. The second-order valence-electron chi connectivity index (χ2n) is 8.94. The molecule has 0 radical (unpaired) electrons. The van der Waals surface area contributed by atoms with Crippen LogP contribution in [0.25, 0.3) is 0 Å². The Labute approximate surface area is 166 Å². The first kappa shape index (κ1) is 20.4. The lowest BCUT2D eigenvalue weighted by molar-refractivity contribution is -0.120. The first-order chi connectivity index (χ1) is 13.2. The summed E-state index contributed by atoms with van der Waals surface area (Å²) < 4.78 is 5.73. The molecule has 2 amide bonds. The molecule has 2 heterocycles. The molecule has 6 nitrogen and oxygen atoms in total. The van der Waals surface area contributed by atoms with Crippen LogP contribution in [0.15, 0.2) is 30.3 Å². The van der Waals surface area contributed by atoms with Gasteiger partial charge in [-0.3, -0.25) is 14.5 Å². The lowest BCUT2D eigenvalue weighted by Gasteiger charge is -2.28. The van der Waals surface area contributed by atoms with Gasteiger partial charge in [0, 0.05) is 12.1 Å². The summed E-state index contributed by atoms with van der Waals surface area (Å²) in [5.74, 6) is -0.247. The molecule has 1 aromatic rings. The molecule has 1 aromatic carbocycles. The molecule has 0 saturated carbocycles. The molecule has 6 heteroatoms. The van der Waals surface area contributed by atoms with Crippen LogP contribution in [-0.4, -0.2) is 58.9 Å². The van der Waals surface area contributed by atoms with E-state index in [9.17, 15) is 14.4 Å². The van der Waals surface area contributed by atoms with E-state index in [1.165, 1.54) is 4.90 Å². The van der Waals surface area contributed by atoms with Crippen LogP contribution in [0.3, 0.4) is 0 Å². The molecule has 0 aromatic heterocycles. The fraction of sp³-hybridized carbons (Fsp3) is 0.591. The van der Waals surface area contributed by atoms with Gasteiger partial charge in [-0.2, -0.15) is 0 Å². The molecule has 0 bridgehead atoms. The van der Waals surface area contributed by atoms with Crippen LogP contribution in [0.2, 0.25) is 0 Å². The van der Waals surface area contributed by atoms with E-state index < -0.39 is 12.1 Å². The van der Waals surface area contributed by atoms with Gasteiger partial charge in [-0.25, -0.2) is 4.79 Å². The van der Waals surface area contributed by atoms with Crippen LogP contribution < -0.4 is 0 Å². The molecular formula is C22H30N2O4. The number of nitrogens with zero attached hydrogens (tertiary/aromatic N) is 2. The summed E-state index contributed by atoms with van der Waals surface area (Å²) in [6, 6.07) is 8.10. The van der Waals surface area contributed by atoms with Gasteiger partial charge in [0.05, 0.1) is 12.6 Å². The molecule has 0 aliphatic carbocycles. The molecule has 28 heavy (non-hydrogen) atoms. The third-order valence-corrected chi connectivity index (χ3v) is 5.50. The molecule has 2 aliphatic rings. The van der Waals surface area contributed by atoms with Crippen LogP contribution in [0, 0.1) is 5.41 Å². The fourth-order valence-corrected chi connectivity index (χ4v) is 4.21. The van der Waals surface area contributed by atoms with E-state index in [0.29, 0.717) is 18.5 Å². The Kier molecular flexibility index (Phi) is 5.77. The molecule has 3 rings (SSSR count). The summed E-state index contributed by atoms with van der Waals surface area (Å²) in [6.45, 7) is 8.82. The maximum atomic E-state index is 12.8. The minimum absolute atomic E-state index is 0.0477. The number of hydrogen-bond acceptors (Lipinski definition) is 4. The zero-order valence-electron chi connectivity index (χ0n) is 17.2. The van der Waals surface area contributed by atoms with E-state index in [2.05, 4.69) is 20.8 Å². The Morgan fingerprint density at radius 3 is 2.46 bits per heavy atom. The number of carbonyl (C=O) groups is 3. The Morgan fingerprint density at radius 2 is 1.86 bits per heavy atom. The van der Waals surface area contributed by atoms with E-state index in [1.807, 2.05) is 13.0 Å². The molecule has 0 N–H and O–H groups in total. The number of Topliss-reactive ketones (excluding diaryl/α,β-unsaturated/α-hetero) is 1. The predicted molar refractivity (Wildman–Crippen MR) is 106 cm³/mol. The first-order valence-electron chi connectivity index (χ1n) is 10.1. The van der Waals surface area contributed by atoms with Gasteiger partial charge in [-0.15, -0.1) is 0 Å². The fourth-order valence-electron chi connectivity index (χ4n) is 4.21. The highest BCUT2D eigenvalue weighted by Gasteiger charge is 2.52. The average Bonchev–Trinajstić information content (AvgIpc) is 3.21. The third-order valence-electron chi connectivity index (χ3n) is 5.50. The lowest BCUT2D eigenvalue weighted by Crippen LogP contribution is -2.44.